The van der Waals surface area contributed by atoms with E-state index < -0.39 is 0 Å². The molecule has 0 spiro atoms. The molecule has 0 saturated carbocycles. The van der Waals surface area contributed by atoms with Crippen LogP contribution in [0.15, 0.2) is 47.0 Å². The van der Waals surface area contributed by atoms with Crippen LogP contribution in [0.1, 0.15) is 24.8 Å². The van der Waals surface area contributed by atoms with E-state index in [1.165, 1.54) is 0 Å². The zero-order valence-electron chi connectivity index (χ0n) is 17.2. The molecular weight excluding hydrogens is 388 g/mol. The second kappa shape index (κ2) is 10.3. The Bertz CT molecular complexity index is 985. The Morgan fingerprint density at radius 2 is 1.90 bits per heavy atom. The van der Waals surface area contributed by atoms with Crippen LogP contribution in [0.3, 0.4) is 0 Å². The highest BCUT2D eigenvalue weighted by atomic mass is 16.6. The van der Waals surface area contributed by atoms with Crippen LogP contribution in [-0.4, -0.2) is 36.9 Å². The fourth-order valence-electron chi connectivity index (χ4n) is 2.86. The van der Waals surface area contributed by atoms with Gasteiger partial charge in [0.15, 0.2) is 6.61 Å². The Kier molecular flexibility index (Phi) is 7.26. The quantitative estimate of drug-likeness (QED) is 0.464. The number of carbonyl (C=O) groups excluding carboxylic acids is 1. The van der Waals surface area contributed by atoms with Gasteiger partial charge in [0.2, 0.25) is 5.82 Å². The zero-order chi connectivity index (χ0) is 21.3. The number of hydrogen-bond donors (Lipinski definition) is 0. The molecule has 3 aromatic rings. The largest absolute Gasteiger partial charge is 0.497 e. The predicted molar refractivity (Wildman–Crippen MR) is 109 cm³/mol. The number of hydrogen-bond acceptors (Lipinski definition) is 8. The first-order chi connectivity index (χ1) is 14.6. The van der Waals surface area contributed by atoms with E-state index in [1.807, 2.05) is 31.2 Å². The number of methoxy groups -OCH3 is 2. The Hall–Kier alpha value is -3.55. The van der Waals surface area contributed by atoms with Gasteiger partial charge < -0.3 is 23.5 Å². The molecule has 158 valence electrons. The van der Waals surface area contributed by atoms with Gasteiger partial charge in [-0.3, -0.25) is 4.79 Å². The molecule has 0 atom stereocenters. The number of ether oxygens (including phenoxy) is 4. The summed E-state index contributed by atoms with van der Waals surface area (Å²) < 4.78 is 26.6. The third-order valence-electron chi connectivity index (χ3n) is 4.35. The molecule has 0 radical (unpaired) electrons. The molecule has 1 heterocycles. The molecule has 0 amide bonds. The summed E-state index contributed by atoms with van der Waals surface area (Å²) >= 11 is 0. The van der Waals surface area contributed by atoms with Crippen LogP contribution in [0.4, 0.5) is 0 Å². The molecule has 0 fully saturated rings. The lowest BCUT2D eigenvalue weighted by atomic mass is 10.1. The summed E-state index contributed by atoms with van der Waals surface area (Å²) in [5.74, 6) is 2.16. The summed E-state index contributed by atoms with van der Waals surface area (Å²) in [6, 6.07) is 12.9. The molecule has 0 N–H and O–H groups in total. The number of carbonyl (C=O) groups is 1. The van der Waals surface area contributed by atoms with Crippen LogP contribution in [0.25, 0.3) is 11.4 Å². The van der Waals surface area contributed by atoms with E-state index in [9.17, 15) is 4.79 Å². The van der Waals surface area contributed by atoms with Crippen molar-refractivity contribution in [3.05, 3.63) is 53.9 Å². The van der Waals surface area contributed by atoms with E-state index in [1.54, 1.807) is 32.4 Å². The lowest BCUT2D eigenvalue weighted by Crippen LogP contribution is -2.07. The third-order valence-corrected chi connectivity index (χ3v) is 4.35. The number of benzene rings is 2. The van der Waals surface area contributed by atoms with E-state index in [0.29, 0.717) is 35.9 Å². The fourth-order valence-corrected chi connectivity index (χ4v) is 2.86. The van der Waals surface area contributed by atoms with Crippen molar-refractivity contribution in [1.82, 2.24) is 10.1 Å². The first-order valence-corrected chi connectivity index (χ1v) is 9.56. The summed E-state index contributed by atoms with van der Waals surface area (Å²) in [4.78, 5) is 16.4. The number of rotatable bonds is 10. The molecule has 3 rings (SSSR count). The summed E-state index contributed by atoms with van der Waals surface area (Å²) in [5.41, 5.74) is 1.61. The highest BCUT2D eigenvalue weighted by molar-refractivity contribution is 5.70. The smallest absolute Gasteiger partial charge is 0.306 e. The maximum atomic E-state index is 12.1. The van der Waals surface area contributed by atoms with Gasteiger partial charge in [0.1, 0.15) is 17.2 Å². The summed E-state index contributed by atoms with van der Waals surface area (Å²) in [5, 5.41) is 3.94. The standard InChI is InChI=1S/C22H24N2O6/c1-4-28-18-8-6-5-7-15(18)9-12-21(25)29-14-20-23-22(24-30-20)17-11-10-16(26-2)13-19(17)27-3/h5-8,10-11,13H,4,9,12,14H2,1-3H3. The molecule has 0 bridgehead atoms. The lowest BCUT2D eigenvalue weighted by Gasteiger charge is -2.09. The molecule has 0 aliphatic heterocycles. The van der Waals surface area contributed by atoms with E-state index in [0.717, 1.165) is 11.3 Å². The minimum Gasteiger partial charge on any atom is -0.497 e. The Balaban J connectivity index is 1.56. The number of aryl methyl sites for hydroxylation is 1. The molecule has 30 heavy (non-hydrogen) atoms. The van der Waals surface area contributed by atoms with Gasteiger partial charge in [0.25, 0.3) is 5.89 Å². The van der Waals surface area contributed by atoms with Gasteiger partial charge >= 0.3 is 5.97 Å². The first kappa shape index (κ1) is 21.2. The van der Waals surface area contributed by atoms with Crippen LogP contribution in [0.5, 0.6) is 17.2 Å². The summed E-state index contributed by atoms with van der Waals surface area (Å²) in [6.07, 6.45) is 0.741. The highest BCUT2D eigenvalue weighted by Gasteiger charge is 2.16. The van der Waals surface area contributed by atoms with E-state index in [4.69, 9.17) is 23.5 Å². The minimum atomic E-state index is -0.358. The Morgan fingerprint density at radius 1 is 1.07 bits per heavy atom. The van der Waals surface area contributed by atoms with Crippen LogP contribution >= 0.6 is 0 Å². The second-order valence-corrected chi connectivity index (χ2v) is 6.28. The molecule has 8 nitrogen and oxygen atoms in total. The highest BCUT2D eigenvalue weighted by Crippen LogP contribution is 2.31. The molecule has 0 aliphatic rings. The lowest BCUT2D eigenvalue weighted by molar-refractivity contribution is -0.145. The Labute approximate surface area is 174 Å². The molecule has 0 aliphatic carbocycles. The zero-order valence-corrected chi connectivity index (χ0v) is 17.2. The monoisotopic (exact) mass is 412 g/mol. The topological polar surface area (TPSA) is 92.9 Å². The fraction of sp³-hybridized carbons (Fsp3) is 0.318. The van der Waals surface area contributed by atoms with Gasteiger partial charge in [0, 0.05) is 12.5 Å². The first-order valence-electron chi connectivity index (χ1n) is 9.56. The van der Waals surface area contributed by atoms with Crippen LogP contribution in [0, 0.1) is 0 Å². The van der Waals surface area contributed by atoms with Crippen molar-refractivity contribution in [2.24, 2.45) is 0 Å². The maximum absolute atomic E-state index is 12.1. The van der Waals surface area contributed by atoms with E-state index >= 15 is 0 Å². The van der Waals surface area contributed by atoms with Crippen molar-refractivity contribution in [2.75, 3.05) is 20.8 Å². The van der Waals surface area contributed by atoms with Gasteiger partial charge in [-0.05, 0) is 37.1 Å². The van der Waals surface area contributed by atoms with Gasteiger partial charge in [-0.2, -0.15) is 4.98 Å². The number of esters is 1. The van der Waals surface area contributed by atoms with E-state index in [2.05, 4.69) is 10.1 Å². The number of para-hydroxylation sites is 1. The van der Waals surface area contributed by atoms with Crippen LogP contribution in [0.2, 0.25) is 0 Å². The summed E-state index contributed by atoms with van der Waals surface area (Å²) in [7, 11) is 3.12. The summed E-state index contributed by atoms with van der Waals surface area (Å²) in [6.45, 7) is 2.39. The maximum Gasteiger partial charge on any atom is 0.306 e. The van der Waals surface area contributed by atoms with Crippen LogP contribution in [-0.2, 0) is 22.6 Å². The van der Waals surface area contributed by atoms with Crippen molar-refractivity contribution < 1.29 is 28.3 Å². The molecular formula is C22H24N2O6. The van der Waals surface area contributed by atoms with Crippen molar-refractivity contribution in [1.29, 1.82) is 0 Å². The SMILES string of the molecule is CCOc1ccccc1CCC(=O)OCc1nc(-c2ccc(OC)cc2OC)no1. The van der Waals surface area contributed by atoms with Crippen molar-refractivity contribution in [2.45, 2.75) is 26.4 Å². The molecule has 1 aromatic heterocycles. The predicted octanol–water partition coefficient (Wildman–Crippen LogP) is 3.83. The van der Waals surface area contributed by atoms with Crippen LogP contribution < -0.4 is 14.2 Å². The third kappa shape index (κ3) is 5.28. The minimum absolute atomic E-state index is 0.0998. The van der Waals surface area contributed by atoms with E-state index in [-0.39, 0.29) is 24.9 Å². The van der Waals surface area contributed by atoms with Crippen molar-refractivity contribution >= 4 is 5.97 Å². The Morgan fingerprint density at radius 3 is 2.67 bits per heavy atom. The number of aromatic nitrogens is 2. The second-order valence-electron chi connectivity index (χ2n) is 6.28. The molecule has 2 aromatic carbocycles. The van der Waals surface area contributed by atoms with Gasteiger partial charge in [0.05, 0.1) is 26.4 Å². The average Bonchev–Trinajstić information content (AvgIpc) is 3.25. The van der Waals surface area contributed by atoms with Gasteiger partial charge in [-0.25, -0.2) is 0 Å². The molecule has 0 unspecified atom stereocenters. The van der Waals surface area contributed by atoms with Crippen molar-refractivity contribution in [3.63, 3.8) is 0 Å². The molecule has 8 heteroatoms. The normalized spacial score (nSPS) is 10.5. The van der Waals surface area contributed by atoms with Crippen molar-refractivity contribution in [3.8, 4) is 28.6 Å². The molecule has 0 saturated heterocycles. The average molecular weight is 412 g/mol. The number of nitrogens with zero attached hydrogens (tertiary/aromatic N) is 2. The van der Waals surface area contributed by atoms with Gasteiger partial charge in [-0.15, -0.1) is 0 Å². The van der Waals surface area contributed by atoms with Gasteiger partial charge in [-0.1, -0.05) is 23.4 Å².